The van der Waals surface area contributed by atoms with Crippen LogP contribution in [0.3, 0.4) is 0 Å². The van der Waals surface area contributed by atoms with Gasteiger partial charge in [0.25, 0.3) is 5.79 Å². The number of rotatable bonds is 5. The van der Waals surface area contributed by atoms with E-state index in [0.29, 0.717) is 23.0 Å². The quantitative estimate of drug-likeness (QED) is 0.483. The highest BCUT2D eigenvalue weighted by molar-refractivity contribution is 7.46. The van der Waals surface area contributed by atoms with Crippen molar-refractivity contribution in [1.82, 2.24) is 0 Å². The molecule has 7 rings (SSSR count). The summed E-state index contributed by atoms with van der Waals surface area (Å²) in [5.41, 5.74) is 0.712. The van der Waals surface area contributed by atoms with Gasteiger partial charge < -0.3 is 9.26 Å². The number of hydrogen-bond acceptors (Lipinski definition) is 6. The van der Waals surface area contributed by atoms with Gasteiger partial charge in [-0.05, 0) is 79.4 Å². The van der Waals surface area contributed by atoms with Crippen molar-refractivity contribution >= 4 is 19.2 Å². The Labute approximate surface area is 184 Å². The zero-order chi connectivity index (χ0) is 21.4. The minimum atomic E-state index is -4.76. The minimum absolute atomic E-state index is 0.110. The van der Waals surface area contributed by atoms with E-state index in [1.165, 1.54) is 17.8 Å². The van der Waals surface area contributed by atoms with Gasteiger partial charge >= 0.3 is 7.82 Å². The van der Waals surface area contributed by atoms with Gasteiger partial charge in [-0.25, -0.2) is 9.45 Å². The lowest BCUT2D eigenvalue weighted by Crippen LogP contribution is -2.76. The normalized spacial score (nSPS) is 38.4. The minimum Gasteiger partial charge on any atom is -0.404 e. The number of phosphoric ester groups is 1. The van der Waals surface area contributed by atoms with Crippen LogP contribution in [-0.4, -0.2) is 22.5 Å². The Hall–Kier alpha value is -1.25. The van der Waals surface area contributed by atoms with Gasteiger partial charge in [0.2, 0.25) is 0 Å². The molecule has 4 aliphatic carbocycles. The Balaban J connectivity index is 1.46. The maximum Gasteiger partial charge on any atom is 0.524 e. The first-order chi connectivity index (χ1) is 14.8. The summed E-state index contributed by atoms with van der Waals surface area (Å²) in [6.07, 6.45) is 5.77. The summed E-state index contributed by atoms with van der Waals surface area (Å²) in [5.74, 6) is 1.19. The van der Waals surface area contributed by atoms with Gasteiger partial charge in [-0.3, -0.25) is 9.79 Å². The van der Waals surface area contributed by atoms with Crippen LogP contribution in [-0.2, 0) is 24.9 Å². The van der Waals surface area contributed by atoms with Crippen LogP contribution in [0.15, 0.2) is 35.7 Å². The largest absolute Gasteiger partial charge is 0.524 e. The number of benzene rings is 1. The second-order valence-corrected chi connectivity index (χ2v) is 11.5. The molecule has 1 spiro atoms. The highest BCUT2D eigenvalue weighted by atomic mass is 32.1. The second kappa shape index (κ2) is 6.87. The molecule has 2 heterocycles. The number of methoxy groups -OCH3 is 1. The van der Waals surface area contributed by atoms with Gasteiger partial charge in [-0.15, -0.1) is 11.3 Å². The summed E-state index contributed by atoms with van der Waals surface area (Å²) < 4.78 is 22.9. The first-order valence-electron chi connectivity index (χ1n) is 10.7. The summed E-state index contributed by atoms with van der Waals surface area (Å²) in [5, 5.41) is 1.91. The molecule has 0 radical (unpaired) electrons. The van der Waals surface area contributed by atoms with Crippen molar-refractivity contribution in [2.45, 2.75) is 43.5 Å². The molecule has 4 bridgehead atoms. The lowest BCUT2D eigenvalue weighted by Gasteiger charge is -2.68. The summed E-state index contributed by atoms with van der Waals surface area (Å²) in [6, 6.07) is 9.14. The molecule has 1 atom stereocenters. The van der Waals surface area contributed by atoms with Crippen molar-refractivity contribution in [2.24, 2.45) is 23.7 Å². The number of ether oxygens (including phenoxy) is 1. The standard InChI is InChI=1S/C22H25O7PS/c1-26-22(21(28-29-22)16-8-13-7-14(10-16)11-17(21)9-13)15-4-5-18(20-3-2-6-31-20)19(12-15)27-30(23,24)25/h2-6,12-14,16-17H,7-11H2,1H3,(H2,23,24,25). The molecule has 1 saturated heterocycles. The van der Waals surface area contributed by atoms with Crippen molar-refractivity contribution in [3.63, 3.8) is 0 Å². The number of hydrogen-bond donors (Lipinski definition) is 2. The summed E-state index contributed by atoms with van der Waals surface area (Å²) in [4.78, 5) is 31.7. The fourth-order valence-electron chi connectivity index (χ4n) is 6.92. The molecule has 5 aliphatic rings. The molecule has 0 amide bonds. The molecular formula is C22H25O7PS. The maximum atomic E-state index is 11.7. The van der Waals surface area contributed by atoms with E-state index in [2.05, 4.69) is 0 Å². The lowest BCUT2D eigenvalue weighted by molar-refractivity contribution is -0.645. The van der Waals surface area contributed by atoms with Crippen molar-refractivity contribution in [2.75, 3.05) is 7.11 Å². The van der Waals surface area contributed by atoms with E-state index in [4.69, 9.17) is 19.0 Å². The van der Waals surface area contributed by atoms with Crippen molar-refractivity contribution in [1.29, 1.82) is 0 Å². The third kappa shape index (κ3) is 2.86. The van der Waals surface area contributed by atoms with Crippen LogP contribution in [0.2, 0.25) is 0 Å². The smallest absolute Gasteiger partial charge is 0.404 e. The van der Waals surface area contributed by atoms with Gasteiger partial charge in [0.05, 0.1) is 0 Å². The fourth-order valence-corrected chi connectivity index (χ4v) is 8.09. The van der Waals surface area contributed by atoms with Crippen LogP contribution in [0.25, 0.3) is 10.4 Å². The van der Waals surface area contributed by atoms with E-state index in [1.54, 1.807) is 13.2 Å². The van der Waals surface area contributed by atoms with Crippen molar-refractivity contribution in [3.8, 4) is 16.2 Å². The average molecular weight is 464 g/mol. The molecule has 9 heteroatoms. The van der Waals surface area contributed by atoms with E-state index >= 15 is 0 Å². The van der Waals surface area contributed by atoms with Crippen LogP contribution >= 0.6 is 19.2 Å². The maximum absolute atomic E-state index is 11.7. The third-order valence-corrected chi connectivity index (χ3v) is 9.15. The molecule has 2 N–H and O–H groups in total. The summed E-state index contributed by atoms with van der Waals surface area (Å²) >= 11 is 1.48. The van der Waals surface area contributed by atoms with Crippen LogP contribution < -0.4 is 4.52 Å². The molecular weight excluding hydrogens is 439 g/mol. The predicted molar refractivity (Wildman–Crippen MR) is 113 cm³/mol. The van der Waals surface area contributed by atoms with Crippen LogP contribution in [0, 0.1) is 23.7 Å². The molecule has 2 aromatic rings. The number of thiophene rings is 1. The fraction of sp³-hybridized carbons (Fsp3) is 0.545. The lowest BCUT2D eigenvalue weighted by atomic mass is 9.47. The van der Waals surface area contributed by atoms with Crippen molar-refractivity contribution < 1.29 is 33.4 Å². The first-order valence-corrected chi connectivity index (χ1v) is 13.1. The van der Waals surface area contributed by atoms with E-state index in [-0.39, 0.29) is 5.75 Å². The Morgan fingerprint density at radius 2 is 1.77 bits per heavy atom. The highest BCUT2D eigenvalue weighted by Gasteiger charge is 2.76. The van der Waals surface area contributed by atoms with Gasteiger partial charge in [-0.2, -0.15) is 4.89 Å². The Kier molecular flexibility index (Phi) is 4.52. The molecule has 1 aromatic heterocycles. The first kappa shape index (κ1) is 20.4. The van der Waals surface area contributed by atoms with Crippen molar-refractivity contribution in [3.05, 3.63) is 41.3 Å². The summed E-state index contributed by atoms with van der Waals surface area (Å²) in [6.45, 7) is 0. The molecule has 166 valence electrons. The molecule has 1 aliphatic heterocycles. The zero-order valence-electron chi connectivity index (χ0n) is 17.1. The van der Waals surface area contributed by atoms with E-state index < -0.39 is 19.2 Å². The highest BCUT2D eigenvalue weighted by Crippen LogP contribution is 2.69. The molecule has 4 saturated carbocycles. The van der Waals surface area contributed by atoms with E-state index in [0.717, 1.165) is 42.4 Å². The molecule has 31 heavy (non-hydrogen) atoms. The van der Waals surface area contributed by atoms with Crippen LogP contribution in [0.5, 0.6) is 5.75 Å². The van der Waals surface area contributed by atoms with E-state index in [9.17, 15) is 14.4 Å². The molecule has 1 aromatic carbocycles. The van der Waals surface area contributed by atoms with Gasteiger partial charge in [0.15, 0.2) is 5.60 Å². The topological polar surface area (TPSA) is 94.5 Å². The third-order valence-electron chi connectivity index (χ3n) is 7.82. The average Bonchev–Trinajstić information content (AvgIpc) is 3.21. The van der Waals surface area contributed by atoms with Crippen LogP contribution in [0.4, 0.5) is 0 Å². The Morgan fingerprint density at radius 1 is 1.06 bits per heavy atom. The van der Waals surface area contributed by atoms with Gasteiger partial charge in [0.1, 0.15) is 5.75 Å². The monoisotopic (exact) mass is 464 g/mol. The zero-order valence-corrected chi connectivity index (χ0v) is 18.8. The SMILES string of the molecule is COC1(c2ccc(-c3cccs3)c(OP(=O)(O)O)c2)OOC12C1CC3CC(C1)CC2C3. The Morgan fingerprint density at radius 3 is 2.29 bits per heavy atom. The Bertz CT molecular complexity index is 1020. The van der Waals surface area contributed by atoms with Crippen LogP contribution in [0.1, 0.15) is 37.7 Å². The predicted octanol–water partition coefficient (Wildman–Crippen LogP) is 4.84. The van der Waals surface area contributed by atoms with E-state index in [1.807, 2.05) is 29.6 Å². The molecule has 1 unspecified atom stereocenters. The van der Waals surface area contributed by atoms with Gasteiger partial charge in [-0.1, -0.05) is 12.1 Å². The number of phosphoric acid groups is 1. The second-order valence-electron chi connectivity index (χ2n) is 9.35. The molecule has 7 nitrogen and oxygen atoms in total. The summed E-state index contributed by atoms with van der Waals surface area (Å²) in [7, 11) is -3.14. The molecule has 5 fully saturated rings. The van der Waals surface area contributed by atoms with Gasteiger partial charge in [0, 0.05) is 23.1 Å².